The molecule has 1 N–H and O–H groups in total. The number of ether oxygens (including phenoxy) is 1. The van der Waals surface area contributed by atoms with Crippen LogP contribution in [0.3, 0.4) is 0 Å². The van der Waals surface area contributed by atoms with Crippen molar-refractivity contribution in [1.29, 1.82) is 0 Å². The zero-order valence-electron chi connectivity index (χ0n) is 12.2. The van der Waals surface area contributed by atoms with Gasteiger partial charge in [-0.05, 0) is 30.3 Å². The van der Waals surface area contributed by atoms with Gasteiger partial charge in [-0.1, -0.05) is 0 Å². The molecule has 1 aromatic carbocycles. The van der Waals surface area contributed by atoms with Gasteiger partial charge in [0.05, 0.1) is 16.6 Å². The predicted octanol–water partition coefficient (Wildman–Crippen LogP) is 3.37. The van der Waals surface area contributed by atoms with Gasteiger partial charge < -0.3 is 9.84 Å². The Hall–Kier alpha value is -3.26. The molecule has 118 valence electrons. The van der Waals surface area contributed by atoms with Crippen molar-refractivity contribution in [2.45, 2.75) is 0 Å². The third-order valence-electron chi connectivity index (χ3n) is 3.37. The van der Waals surface area contributed by atoms with Crippen molar-refractivity contribution in [2.75, 3.05) is 0 Å². The fraction of sp³-hybridized carbons (Fsp3) is 0. The van der Waals surface area contributed by atoms with Crippen LogP contribution in [0.4, 0.5) is 0 Å². The topological polar surface area (TPSA) is 90.1 Å². The molecule has 0 spiro atoms. The molecule has 24 heavy (non-hydrogen) atoms. The lowest BCUT2D eigenvalue weighted by atomic mass is 10.2. The molecule has 0 atom stereocenters. The minimum atomic E-state index is -0.959. The lowest BCUT2D eigenvalue weighted by molar-refractivity contribution is 0.0702. The van der Waals surface area contributed by atoms with E-state index < -0.39 is 5.97 Å². The molecule has 0 aliphatic rings. The van der Waals surface area contributed by atoms with Crippen LogP contribution in [0.15, 0.2) is 55.4 Å². The van der Waals surface area contributed by atoms with E-state index in [9.17, 15) is 4.79 Å². The highest BCUT2D eigenvalue weighted by Crippen LogP contribution is 2.34. The second-order valence-electron chi connectivity index (χ2n) is 4.90. The number of fused-ring (bicyclic) bond motifs is 1. The molecule has 0 amide bonds. The van der Waals surface area contributed by atoms with Crippen LogP contribution in [0, 0.1) is 0 Å². The maximum absolute atomic E-state index is 11.1. The number of thiophene rings is 1. The highest BCUT2D eigenvalue weighted by Gasteiger charge is 2.13. The Bertz CT molecular complexity index is 1010. The predicted molar refractivity (Wildman–Crippen MR) is 88.0 cm³/mol. The Morgan fingerprint density at radius 2 is 2.00 bits per heavy atom. The summed E-state index contributed by atoms with van der Waals surface area (Å²) in [7, 11) is 0. The Kier molecular flexibility index (Phi) is 3.43. The summed E-state index contributed by atoms with van der Waals surface area (Å²) in [6.07, 6.45) is 6.28. The van der Waals surface area contributed by atoms with E-state index in [1.807, 2.05) is 12.1 Å². The fourth-order valence-corrected chi connectivity index (χ4v) is 3.14. The molecular formula is C16H10N4O3S. The molecule has 0 unspecified atom stereocenters. The number of carboxylic acid groups (broad SMARTS) is 1. The van der Waals surface area contributed by atoms with Crippen LogP contribution in [0.25, 0.3) is 15.8 Å². The first kappa shape index (κ1) is 14.3. The molecule has 0 bridgehead atoms. The van der Waals surface area contributed by atoms with E-state index in [1.165, 1.54) is 17.7 Å². The van der Waals surface area contributed by atoms with Gasteiger partial charge in [0, 0.05) is 11.6 Å². The average molecular weight is 338 g/mol. The Labute approximate surface area is 139 Å². The average Bonchev–Trinajstić information content (AvgIpc) is 3.26. The number of rotatable bonds is 4. The number of aromatic carboxylic acids is 1. The van der Waals surface area contributed by atoms with E-state index in [1.54, 1.807) is 41.6 Å². The van der Waals surface area contributed by atoms with Crippen LogP contribution < -0.4 is 4.74 Å². The molecule has 0 fully saturated rings. The molecule has 0 aliphatic heterocycles. The smallest absolute Gasteiger partial charge is 0.345 e. The first-order valence-corrected chi connectivity index (χ1v) is 7.76. The summed E-state index contributed by atoms with van der Waals surface area (Å²) in [6, 6.07) is 8.92. The summed E-state index contributed by atoms with van der Waals surface area (Å²) in [5.74, 6) is 0.181. The minimum absolute atomic E-state index is 0.254. The second kappa shape index (κ2) is 5.74. The molecule has 4 aromatic rings. The van der Waals surface area contributed by atoms with E-state index in [0.29, 0.717) is 11.5 Å². The Morgan fingerprint density at radius 3 is 2.71 bits per heavy atom. The van der Waals surface area contributed by atoms with Gasteiger partial charge in [0.1, 0.15) is 23.3 Å². The molecule has 8 heteroatoms. The maximum Gasteiger partial charge on any atom is 0.345 e. The second-order valence-corrected chi connectivity index (χ2v) is 5.99. The Morgan fingerprint density at radius 1 is 1.17 bits per heavy atom. The van der Waals surface area contributed by atoms with Crippen LogP contribution in [0.5, 0.6) is 11.5 Å². The molecule has 0 aliphatic carbocycles. The molecule has 4 rings (SSSR count). The number of pyridine rings is 1. The maximum atomic E-state index is 11.1. The number of hydrogen-bond donors (Lipinski definition) is 1. The summed E-state index contributed by atoms with van der Waals surface area (Å²) in [6.45, 7) is 0. The van der Waals surface area contributed by atoms with Gasteiger partial charge >= 0.3 is 5.97 Å². The van der Waals surface area contributed by atoms with Crippen LogP contribution in [-0.4, -0.2) is 30.8 Å². The minimum Gasteiger partial charge on any atom is -0.477 e. The number of benzene rings is 1. The number of carboxylic acids is 1. The summed E-state index contributed by atoms with van der Waals surface area (Å²) < 4.78 is 8.27. The van der Waals surface area contributed by atoms with Gasteiger partial charge in [-0.15, -0.1) is 11.3 Å². The van der Waals surface area contributed by atoms with Crippen molar-refractivity contribution in [1.82, 2.24) is 19.7 Å². The monoisotopic (exact) mass is 338 g/mol. The van der Waals surface area contributed by atoms with Crippen molar-refractivity contribution >= 4 is 27.4 Å². The highest BCUT2D eigenvalue weighted by atomic mass is 32.1. The first-order chi connectivity index (χ1) is 11.7. The fourth-order valence-electron chi connectivity index (χ4n) is 2.26. The van der Waals surface area contributed by atoms with E-state index in [0.717, 1.165) is 15.8 Å². The normalized spacial score (nSPS) is 10.8. The van der Waals surface area contributed by atoms with Crippen molar-refractivity contribution in [3.8, 4) is 17.2 Å². The van der Waals surface area contributed by atoms with E-state index >= 15 is 0 Å². The van der Waals surface area contributed by atoms with E-state index in [-0.39, 0.29) is 4.88 Å². The molecule has 7 nitrogen and oxygen atoms in total. The lowest BCUT2D eigenvalue weighted by Crippen LogP contribution is -1.94. The van der Waals surface area contributed by atoms with Crippen LogP contribution in [-0.2, 0) is 0 Å². The number of aromatic nitrogens is 4. The third kappa shape index (κ3) is 2.59. The van der Waals surface area contributed by atoms with Crippen LogP contribution in [0.1, 0.15) is 9.67 Å². The zero-order chi connectivity index (χ0) is 16.5. The molecule has 0 radical (unpaired) electrons. The van der Waals surface area contributed by atoms with Crippen LogP contribution >= 0.6 is 11.3 Å². The van der Waals surface area contributed by atoms with Gasteiger partial charge in [0.15, 0.2) is 5.75 Å². The van der Waals surface area contributed by atoms with Crippen molar-refractivity contribution < 1.29 is 14.6 Å². The van der Waals surface area contributed by atoms with E-state index in [4.69, 9.17) is 9.84 Å². The third-order valence-corrected chi connectivity index (χ3v) is 4.43. The van der Waals surface area contributed by atoms with Gasteiger partial charge in [-0.25, -0.2) is 14.5 Å². The van der Waals surface area contributed by atoms with Crippen LogP contribution in [0.2, 0.25) is 0 Å². The summed E-state index contributed by atoms with van der Waals surface area (Å²) >= 11 is 1.17. The first-order valence-electron chi connectivity index (χ1n) is 6.94. The van der Waals surface area contributed by atoms with Crippen molar-refractivity contribution in [3.63, 3.8) is 0 Å². The quantitative estimate of drug-likeness (QED) is 0.613. The van der Waals surface area contributed by atoms with Gasteiger partial charge in [0.2, 0.25) is 0 Å². The van der Waals surface area contributed by atoms with Gasteiger partial charge in [-0.2, -0.15) is 5.10 Å². The zero-order valence-corrected chi connectivity index (χ0v) is 13.0. The summed E-state index contributed by atoms with van der Waals surface area (Å²) in [4.78, 5) is 19.4. The van der Waals surface area contributed by atoms with Gasteiger partial charge in [-0.3, -0.25) is 4.98 Å². The van der Waals surface area contributed by atoms with E-state index in [2.05, 4.69) is 15.1 Å². The number of nitrogens with zero attached hydrogens (tertiary/aromatic N) is 4. The Balaban J connectivity index is 1.65. The molecular weight excluding hydrogens is 328 g/mol. The van der Waals surface area contributed by atoms with Gasteiger partial charge in [0.25, 0.3) is 0 Å². The molecule has 3 heterocycles. The van der Waals surface area contributed by atoms with Crippen molar-refractivity contribution in [2.24, 2.45) is 0 Å². The summed E-state index contributed by atoms with van der Waals surface area (Å²) in [5, 5.41) is 13.9. The molecule has 0 saturated carbocycles. The number of carbonyl (C=O) groups is 1. The summed E-state index contributed by atoms with van der Waals surface area (Å²) in [5.41, 5.74) is 0.861. The van der Waals surface area contributed by atoms with Crippen molar-refractivity contribution in [3.05, 3.63) is 60.3 Å². The molecule has 3 aromatic heterocycles. The SMILES string of the molecule is O=C(O)c1cc2c(Oc3ccc(-n4cncn4)cc3)cncc2s1. The highest BCUT2D eigenvalue weighted by molar-refractivity contribution is 7.20. The molecule has 0 saturated heterocycles. The number of hydrogen-bond acceptors (Lipinski definition) is 6. The standard InChI is InChI=1S/C16H10N4O3S/c21-16(22)14-5-12-13(6-17-7-15(12)24-14)23-11-3-1-10(2-4-11)20-9-18-8-19-20/h1-9H,(H,21,22). The largest absolute Gasteiger partial charge is 0.477 e. The lowest BCUT2D eigenvalue weighted by Gasteiger charge is -2.07.